The van der Waals surface area contributed by atoms with Gasteiger partial charge in [-0.15, -0.1) is 11.3 Å². The Labute approximate surface area is 120 Å². The van der Waals surface area contributed by atoms with Gasteiger partial charge in [-0.3, -0.25) is 0 Å². The largest absolute Gasteiger partial charge is 0.378 e. The van der Waals surface area contributed by atoms with Crippen LogP contribution in [0.1, 0.15) is 4.88 Å². The summed E-state index contributed by atoms with van der Waals surface area (Å²) < 4.78 is 36.4. The van der Waals surface area contributed by atoms with E-state index in [1.54, 1.807) is 11.4 Å². The molecule has 0 fully saturated rings. The minimum Gasteiger partial charge on any atom is -0.378 e. The zero-order chi connectivity index (χ0) is 14.0. The number of anilines is 1. The molecule has 0 aliphatic heterocycles. The van der Waals surface area contributed by atoms with Crippen LogP contribution in [0.5, 0.6) is 0 Å². The van der Waals surface area contributed by atoms with Crippen LogP contribution in [-0.2, 0) is 16.4 Å². The maximum atomic E-state index is 13.6. The maximum absolute atomic E-state index is 13.6. The smallest absolute Gasteiger partial charge is 0.175 e. The third kappa shape index (κ3) is 3.68. The second-order valence-electron chi connectivity index (χ2n) is 4.00. The third-order valence-electron chi connectivity index (χ3n) is 2.44. The minimum atomic E-state index is -3.35. The average molecular weight is 320 g/mol. The van der Waals surface area contributed by atoms with Crippen LogP contribution in [0.15, 0.2) is 34.5 Å². The predicted molar refractivity (Wildman–Crippen MR) is 76.2 cm³/mol. The highest BCUT2D eigenvalue weighted by Gasteiger charge is 2.11. The molecule has 102 valence electrons. The second kappa shape index (κ2) is 5.48. The van der Waals surface area contributed by atoms with Crippen molar-refractivity contribution in [2.24, 2.45) is 0 Å². The molecule has 1 N–H and O–H groups in total. The summed E-state index contributed by atoms with van der Waals surface area (Å²) in [7, 11) is -3.35. The molecule has 1 heterocycles. The normalized spacial score (nSPS) is 11.5. The van der Waals surface area contributed by atoms with Gasteiger partial charge in [0.1, 0.15) is 5.82 Å². The molecule has 0 atom stereocenters. The molecule has 0 radical (unpaired) electrons. The van der Waals surface area contributed by atoms with Gasteiger partial charge in [0.25, 0.3) is 0 Å². The van der Waals surface area contributed by atoms with Crippen LogP contribution >= 0.6 is 22.9 Å². The quantitative estimate of drug-likeness (QED) is 0.877. The van der Waals surface area contributed by atoms with Crippen molar-refractivity contribution in [3.8, 4) is 0 Å². The summed E-state index contributed by atoms with van der Waals surface area (Å²) in [4.78, 5) is 1.02. The van der Waals surface area contributed by atoms with E-state index in [4.69, 9.17) is 11.6 Å². The molecule has 2 aromatic rings. The number of thiophene rings is 1. The number of benzene rings is 1. The highest BCUT2D eigenvalue weighted by Crippen LogP contribution is 2.23. The van der Waals surface area contributed by atoms with Crippen molar-refractivity contribution in [1.82, 2.24) is 0 Å². The number of hydrogen-bond donors (Lipinski definition) is 1. The Hall–Kier alpha value is -1.11. The summed E-state index contributed by atoms with van der Waals surface area (Å²) in [6.07, 6.45) is 1.09. The van der Waals surface area contributed by atoms with E-state index in [-0.39, 0.29) is 10.6 Å². The molecule has 0 aliphatic rings. The van der Waals surface area contributed by atoms with Gasteiger partial charge in [-0.1, -0.05) is 11.6 Å². The van der Waals surface area contributed by atoms with Crippen LogP contribution in [0.3, 0.4) is 0 Å². The van der Waals surface area contributed by atoms with E-state index in [1.165, 1.54) is 23.5 Å². The molecule has 0 spiro atoms. The zero-order valence-corrected chi connectivity index (χ0v) is 12.4. The molecule has 0 bridgehead atoms. The fraction of sp³-hybridized carbons (Fsp3) is 0.167. The number of hydrogen-bond acceptors (Lipinski definition) is 4. The monoisotopic (exact) mass is 319 g/mol. The Bertz CT molecular complexity index is 698. The Morgan fingerprint density at radius 1 is 1.37 bits per heavy atom. The van der Waals surface area contributed by atoms with Gasteiger partial charge in [0.2, 0.25) is 0 Å². The lowest BCUT2D eigenvalue weighted by molar-refractivity contribution is 0.600. The molecule has 1 aromatic heterocycles. The first-order chi connectivity index (χ1) is 8.86. The average Bonchev–Trinajstić information content (AvgIpc) is 2.72. The number of rotatable bonds is 4. The lowest BCUT2D eigenvalue weighted by Gasteiger charge is -2.08. The number of sulfone groups is 1. The molecule has 0 saturated heterocycles. The van der Waals surface area contributed by atoms with E-state index < -0.39 is 15.7 Å². The van der Waals surface area contributed by atoms with Gasteiger partial charge >= 0.3 is 0 Å². The standard InChI is InChI=1S/C12H11ClFNO2S2/c1-19(16,17)10-2-3-11(14)12(5-10)15-6-9-4-8(13)7-18-9/h2-5,7,15H,6H2,1H3. The fourth-order valence-corrected chi connectivity index (χ4v) is 3.16. The highest BCUT2D eigenvalue weighted by atomic mass is 35.5. The highest BCUT2D eigenvalue weighted by molar-refractivity contribution is 7.90. The predicted octanol–water partition coefficient (Wildman–Crippen LogP) is 3.56. The van der Waals surface area contributed by atoms with E-state index in [0.717, 1.165) is 17.2 Å². The third-order valence-corrected chi connectivity index (χ3v) is 4.84. The fourth-order valence-electron chi connectivity index (χ4n) is 1.50. The van der Waals surface area contributed by atoms with E-state index >= 15 is 0 Å². The van der Waals surface area contributed by atoms with Crippen molar-refractivity contribution in [2.45, 2.75) is 11.4 Å². The lowest BCUT2D eigenvalue weighted by atomic mass is 10.3. The van der Waals surface area contributed by atoms with Crippen LogP contribution < -0.4 is 5.32 Å². The van der Waals surface area contributed by atoms with E-state index in [2.05, 4.69) is 5.32 Å². The maximum Gasteiger partial charge on any atom is 0.175 e. The zero-order valence-electron chi connectivity index (χ0n) is 9.98. The Morgan fingerprint density at radius 3 is 2.68 bits per heavy atom. The van der Waals surface area contributed by atoms with Crippen molar-refractivity contribution in [1.29, 1.82) is 0 Å². The first-order valence-electron chi connectivity index (χ1n) is 5.32. The van der Waals surface area contributed by atoms with Crippen molar-refractivity contribution >= 4 is 38.5 Å². The van der Waals surface area contributed by atoms with Gasteiger partial charge in [0.15, 0.2) is 9.84 Å². The second-order valence-corrected chi connectivity index (χ2v) is 7.45. The number of halogens is 2. The topological polar surface area (TPSA) is 46.2 Å². The first-order valence-corrected chi connectivity index (χ1v) is 8.47. The molecule has 3 nitrogen and oxygen atoms in total. The molecule has 0 unspecified atom stereocenters. The van der Waals surface area contributed by atoms with Gasteiger partial charge in [-0.25, -0.2) is 12.8 Å². The van der Waals surface area contributed by atoms with Crippen molar-refractivity contribution < 1.29 is 12.8 Å². The van der Waals surface area contributed by atoms with E-state index in [9.17, 15) is 12.8 Å². The SMILES string of the molecule is CS(=O)(=O)c1ccc(F)c(NCc2cc(Cl)cs2)c1. The van der Waals surface area contributed by atoms with E-state index in [1.807, 2.05) is 0 Å². The minimum absolute atomic E-state index is 0.0839. The van der Waals surface area contributed by atoms with Gasteiger partial charge < -0.3 is 5.32 Å². The molecular weight excluding hydrogens is 309 g/mol. The molecule has 0 aliphatic carbocycles. The molecular formula is C12H11ClFNO2S2. The van der Waals surface area contributed by atoms with Crippen molar-refractivity contribution in [3.05, 3.63) is 45.4 Å². The molecule has 0 saturated carbocycles. The number of nitrogens with one attached hydrogen (secondary N) is 1. The van der Waals surface area contributed by atoms with Gasteiger partial charge in [-0.2, -0.15) is 0 Å². The first kappa shape index (κ1) is 14.3. The summed E-state index contributed by atoms with van der Waals surface area (Å²) in [6.45, 7) is 0.390. The Morgan fingerprint density at radius 2 is 2.11 bits per heavy atom. The van der Waals surface area contributed by atoms with Crippen molar-refractivity contribution in [2.75, 3.05) is 11.6 Å². The molecule has 7 heteroatoms. The molecule has 0 amide bonds. The van der Waals surface area contributed by atoms with Gasteiger partial charge in [0, 0.05) is 23.1 Å². The van der Waals surface area contributed by atoms with Crippen LogP contribution in [-0.4, -0.2) is 14.7 Å². The molecule has 2 rings (SSSR count). The van der Waals surface area contributed by atoms with Gasteiger partial charge in [0.05, 0.1) is 15.6 Å². The van der Waals surface area contributed by atoms with Gasteiger partial charge in [-0.05, 0) is 24.3 Å². The summed E-state index contributed by atoms with van der Waals surface area (Å²) in [5.74, 6) is -0.491. The summed E-state index contributed by atoms with van der Waals surface area (Å²) in [5.41, 5.74) is 0.160. The van der Waals surface area contributed by atoms with Crippen LogP contribution in [0, 0.1) is 5.82 Å². The summed E-state index contributed by atoms with van der Waals surface area (Å²) >= 11 is 7.24. The summed E-state index contributed by atoms with van der Waals surface area (Å²) in [5, 5.41) is 5.28. The Kier molecular flexibility index (Phi) is 4.13. The lowest BCUT2D eigenvalue weighted by Crippen LogP contribution is -2.03. The molecule has 19 heavy (non-hydrogen) atoms. The van der Waals surface area contributed by atoms with Crippen LogP contribution in [0.25, 0.3) is 0 Å². The van der Waals surface area contributed by atoms with E-state index in [0.29, 0.717) is 11.6 Å². The molecule has 1 aromatic carbocycles. The van der Waals surface area contributed by atoms with Crippen molar-refractivity contribution in [3.63, 3.8) is 0 Å². The summed E-state index contributed by atoms with van der Waals surface area (Å²) in [6, 6.07) is 5.45. The van der Waals surface area contributed by atoms with Crippen LogP contribution in [0.4, 0.5) is 10.1 Å². The Balaban J connectivity index is 2.20. The van der Waals surface area contributed by atoms with Crippen LogP contribution in [0.2, 0.25) is 5.02 Å².